The van der Waals surface area contributed by atoms with E-state index in [0.717, 1.165) is 6.07 Å². The van der Waals surface area contributed by atoms with E-state index in [1.807, 2.05) is 0 Å². The highest BCUT2D eigenvalue weighted by molar-refractivity contribution is 6.00. The molecule has 0 radical (unpaired) electrons. The molecular weight excluding hydrogens is 286 g/mol. The zero-order chi connectivity index (χ0) is 15.5. The van der Waals surface area contributed by atoms with Crippen LogP contribution in [0.3, 0.4) is 0 Å². The molecule has 3 nitrogen and oxygen atoms in total. The SMILES string of the molecule is NNC(=Nc1ccccc1)c1cc(C(F)(F)F)ccc1F. The molecule has 0 unspecified atom stereocenters. The first-order valence-corrected chi connectivity index (χ1v) is 5.89. The minimum atomic E-state index is -4.57. The van der Waals surface area contributed by atoms with Crippen molar-refractivity contribution in [1.29, 1.82) is 0 Å². The topological polar surface area (TPSA) is 50.4 Å². The van der Waals surface area contributed by atoms with Crippen LogP contribution in [0.2, 0.25) is 0 Å². The molecule has 2 rings (SSSR count). The molecule has 0 amide bonds. The number of amidine groups is 1. The monoisotopic (exact) mass is 297 g/mol. The second kappa shape index (κ2) is 5.92. The van der Waals surface area contributed by atoms with Gasteiger partial charge < -0.3 is 5.43 Å². The van der Waals surface area contributed by atoms with Gasteiger partial charge in [-0.1, -0.05) is 18.2 Å². The minimum Gasteiger partial charge on any atom is -0.308 e. The molecule has 3 N–H and O–H groups in total. The summed E-state index contributed by atoms with van der Waals surface area (Å²) < 4.78 is 51.8. The van der Waals surface area contributed by atoms with Crippen LogP contribution in [0.25, 0.3) is 0 Å². The fourth-order valence-electron chi connectivity index (χ4n) is 1.68. The third kappa shape index (κ3) is 3.57. The molecule has 2 aromatic rings. The molecule has 0 spiro atoms. The smallest absolute Gasteiger partial charge is 0.308 e. The number of nitrogens with two attached hydrogens (primary N) is 1. The van der Waals surface area contributed by atoms with E-state index in [-0.39, 0.29) is 11.4 Å². The number of nitrogens with zero attached hydrogens (tertiary/aromatic N) is 1. The number of hydrogen-bond acceptors (Lipinski definition) is 2. The van der Waals surface area contributed by atoms with Crippen LogP contribution in [0, 0.1) is 5.82 Å². The first-order chi connectivity index (χ1) is 9.91. The molecule has 0 aliphatic rings. The first kappa shape index (κ1) is 15.0. The van der Waals surface area contributed by atoms with Gasteiger partial charge in [0.25, 0.3) is 0 Å². The van der Waals surface area contributed by atoms with Gasteiger partial charge in [0.2, 0.25) is 0 Å². The summed E-state index contributed by atoms with van der Waals surface area (Å²) in [5, 5.41) is 0. The second-order valence-corrected chi connectivity index (χ2v) is 4.13. The van der Waals surface area contributed by atoms with Crippen LogP contribution < -0.4 is 11.3 Å². The van der Waals surface area contributed by atoms with Crippen LogP contribution in [-0.2, 0) is 6.18 Å². The Morgan fingerprint density at radius 3 is 2.29 bits per heavy atom. The van der Waals surface area contributed by atoms with Crippen molar-refractivity contribution in [3.8, 4) is 0 Å². The van der Waals surface area contributed by atoms with Crippen molar-refractivity contribution in [2.24, 2.45) is 10.8 Å². The standard InChI is InChI=1S/C14H11F4N3/c15-12-7-6-9(14(16,17)18)8-11(12)13(21-19)20-10-4-2-1-3-5-10/h1-8H,19H2,(H,20,21). The van der Waals surface area contributed by atoms with E-state index < -0.39 is 17.6 Å². The van der Waals surface area contributed by atoms with Crippen LogP contribution in [0.5, 0.6) is 0 Å². The van der Waals surface area contributed by atoms with Crippen molar-refractivity contribution < 1.29 is 17.6 Å². The maximum absolute atomic E-state index is 13.8. The van der Waals surface area contributed by atoms with Crippen LogP contribution in [0.4, 0.5) is 23.2 Å². The molecule has 0 bridgehead atoms. The van der Waals surface area contributed by atoms with Gasteiger partial charge in [-0.05, 0) is 30.3 Å². The third-order valence-electron chi connectivity index (χ3n) is 2.68. The summed E-state index contributed by atoms with van der Waals surface area (Å²) in [5.41, 5.74) is 1.23. The molecule has 0 heterocycles. The summed E-state index contributed by atoms with van der Waals surface area (Å²) in [4.78, 5) is 4.00. The Kier molecular flexibility index (Phi) is 4.23. The number of para-hydroxylation sites is 1. The molecule has 110 valence electrons. The number of aliphatic imine (C=N–C) groups is 1. The Morgan fingerprint density at radius 1 is 1.05 bits per heavy atom. The minimum absolute atomic E-state index is 0.190. The maximum atomic E-state index is 13.8. The predicted octanol–water partition coefficient (Wildman–Crippen LogP) is 3.39. The van der Waals surface area contributed by atoms with Crippen molar-refractivity contribution in [2.45, 2.75) is 6.18 Å². The van der Waals surface area contributed by atoms with E-state index in [4.69, 9.17) is 5.84 Å². The van der Waals surface area contributed by atoms with E-state index in [9.17, 15) is 17.6 Å². The molecule has 0 aromatic heterocycles. The number of hydrazine groups is 1. The van der Waals surface area contributed by atoms with Crippen LogP contribution >= 0.6 is 0 Å². The van der Waals surface area contributed by atoms with E-state index in [1.165, 1.54) is 0 Å². The lowest BCUT2D eigenvalue weighted by Gasteiger charge is -2.11. The number of halogens is 4. The molecule has 0 aliphatic heterocycles. The molecule has 0 saturated carbocycles. The summed E-state index contributed by atoms with van der Waals surface area (Å²) in [6, 6.07) is 10.4. The van der Waals surface area contributed by atoms with Gasteiger partial charge in [0, 0.05) is 0 Å². The average molecular weight is 297 g/mol. The molecular formula is C14H11F4N3. The third-order valence-corrected chi connectivity index (χ3v) is 2.68. The number of rotatable bonds is 2. The van der Waals surface area contributed by atoms with Gasteiger partial charge in [0.15, 0.2) is 5.84 Å². The fourth-order valence-corrected chi connectivity index (χ4v) is 1.68. The van der Waals surface area contributed by atoms with Gasteiger partial charge in [-0.25, -0.2) is 15.2 Å². The number of hydrogen-bond donors (Lipinski definition) is 2. The summed E-state index contributed by atoms with van der Waals surface area (Å²) in [6.07, 6.45) is -4.57. The number of benzene rings is 2. The zero-order valence-electron chi connectivity index (χ0n) is 10.7. The highest BCUT2D eigenvalue weighted by atomic mass is 19.4. The molecule has 0 saturated heterocycles. The lowest BCUT2D eigenvalue weighted by atomic mass is 10.1. The Bertz CT molecular complexity index is 651. The Morgan fingerprint density at radius 2 is 1.71 bits per heavy atom. The molecule has 21 heavy (non-hydrogen) atoms. The molecule has 2 aromatic carbocycles. The average Bonchev–Trinajstić information content (AvgIpc) is 2.45. The lowest BCUT2D eigenvalue weighted by molar-refractivity contribution is -0.137. The van der Waals surface area contributed by atoms with Gasteiger partial charge in [-0.15, -0.1) is 0 Å². The molecule has 7 heteroatoms. The van der Waals surface area contributed by atoms with Crippen LogP contribution in [0.1, 0.15) is 11.1 Å². The summed E-state index contributed by atoms with van der Waals surface area (Å²) in [6.45, 7) is 0. The van der Waals surface area contributed by atoms with E-state index >= 15 is 0 Å². The summed E-state index contributed by atoms with van der Waals surface area (Å²) in [5.74, 6) is 4.21. The van der Waals surface area contributed by atoms with Crippen LogP contribution in [-0.4, -0.2) is 5.84 Å². The molecule has 0 atom stereocenters. The van der Waals surface area contributed by atoms with Crippen molar-refractivity contribution in [1.82, 2.24) is 5.43 Å². The Labute approximate surface area is 118 Å². The molecule has 0 aliphatic carbocycles. The first-order valence-electron chi connectivity index (χ1n) is 5.89. The van der Waals surface area contributed by atoms with Crippen LogP contribution in [0.15, 0.2) is 53.5 Å². The van der Waals surface area contributed by atoms with Crippen molar-refractivity contribution in [3.05, 3.63) is 65.5 Å². The van der Waals surface area contributed by atoms with Gasteiger partial charge in [0.05, 0.1) is 16.8 Å². The highest BCUT2D eigenvalue weighted by Crippen LogP contribution is 2.30. The quantitative estimate of drug-likeness (QED) is 0.293. The van der Waals surface area contributed by atoms with E-state index in [1.54, 1.807) is 30.3 Å². The predicted molar refractivity (Wildman–Crippen MR) is 71.4 cm³/mol. The van der Waals surface area contributed by atoms with E-state index in [2.05, 4.69) is 10.4 Å². The normalized spacial score (nSPS) is 12.3. The van der Waals surface area contributed by atoms with Gasteiger partial charge in [-0.2, -0.15) is 13.2 Å². The van der Waals surface area contributed by atoms with Gasteiger partial charge in [-0.3, -0.25) is 0 Å². The summed E-state index contributed by atoms with van der Waals surface area (Å²) in [7, 11) is 0. The Hall–Kier alpha value is -2.41. The Balaban J connectivity index is 2.50. The van der Waals surface area contributed by atoms with Gasteiger partial charge in [0.1, 0.15) is 5.82 Å². The lowest BCUT2D eigenvalue weighted by Crippen LogP contribution is -2.32. The second-order valence-electron chi connectivity index (χ2n) is 4.13. The van der Waals surface area contributed by atoms with Crippen molar-refractivity contribution >= 4 is 11.5 Å². The number of nitrogens with one attached hydrogen (secondary N) is 1. The van der Waals surface area contributed by atoms with E-state index in [0.29, 0.717) is 17.8 Å². The molecule has 0 fully saturated rings. The fraction of sp³-hybridized carbons (Fsp3) is 0.0714. The largest absolute Gasteiger partial charge is 0.416 e. The zero-order valence-corrected chi connectivity index (χ0v) is 10.7. The summed E-state index contributed by atoms with van der Waals surface area (Å²) >= 11 is 0. The maximum Gasteiger partial charge on any atom is 0.416 e. The van der Waals surface area contributed by atoms with Crippen molar-refractivity contribution in [3.63, 3.8) is 0 Å². The van der Waals surface area contributed by atoms with Gasteiger partial charge >= 0.3 is 6.18 Å². The highest BCUT2D eigenvalue weighted by Gasteiger charge is 2.31. The number of alkyl halides is 3. The van der Waals surface area contributed by atoms with Crippen molar-refractivity contribution in [2.75, 3.05) is 0 Å².